The molecule has 1 rings (SSSR count). The summed E-state index contributed by atoms with van der Waals surface area (Å²) in [5, 5.41) is 0. The molecule has 1 aliphatic carbocycles. The molecular weight excluding hydrogens is 238 g/mol. The van der Waals surface area contributed by atoms with Crippen LogP contribution < -0.4 is 5.73 Å². The summed E-state index contributed by atoms with van der Waals surface area (Å²) < 4.78 is 5.46. The van der Waals surface area contributed by atoms with Gasteiger partial charge >= 0.3 is 5.97 Å². The second-order valence-corrected chi connectivity index (χ2v) is 5.48. The quantitative estimate of drug-likeness (QED) is 0.716. The van der Waals surface area contributed by atoms with Crippen molar-refractivity contribution in [2.24, 2.45) is 17.6 Å². The molecule has 0 aromatic heterocycles. The predicted molar refractivity (Wildman–Crippen MR) is 78.4 cm³/mol. The van der Waals surface area contributed by atoms with Crippen molar-refractivity contribution in [2.75, 3.05) is 6.61 Å². The van der Waals surface area contributed by atoms with Gasteiger partial charge in [-0.15, -0.1) is 0 Å². The normalized spacial score (nSPS) is 20.5. The number of carbonyl (C=O) groups is 1. The number of esters is 1. The summed E-state index contributed by atoms with van der Waals surface area (Å²) >= 11 is 0. The fourth-order valence-electron chi connectivity index (χ4n) is 2.34. The van der Waals surface area contributed by atoms with Crippen molar-refractivity contribution >= 4 is 5.97 Å². The molecule has 0 bridgehead atoms. The Morgan fingerprint density at radius 2 is 2.21 bits per heavy atom. The molecule has 2 unspecified atom stereocenters. The Bertz CT molecular complexity index is 358. The number of nitrogens with two attached hydrogens (primary N) is 1. The first-order chi connectivity index (χ1) is 9.08. The van der Waals surface area contributed by atoms with Gasteiger partial charge in [-0.2, -0.15) is 0 Å². The molecule has 0 radical (unpaired) electrons. The molecule has 3 nitrogen and oxygen atoms in total. The highest BCUT2D eigenvalue weighted by Crippen LogP contribution is 2.24. The summed E-state index contributed by atoms with van der Waals surface area (Å²) in [6, 6.07) is 0. The van der Waals surface area contributed by atoms with Crippen molar-refractivity contribution < 1.29 is 9.53 Å². The second-order valence-electron chi connectivity index (χ2n) is 5.48. The average molecular weight is 265 g/mol. The van der Waals surface area contributed by atoms with E-state index in [4.69, 9.17) is 10.5 Å². The van der Waals surface area contributed by atoms with Gasteiger partial charge in [0.1, 0.15) is 0 Å². The number of carbonyl (C=O) groups excluding carboxylic acids is 1. The topological polar surface area (TPSA) is 52.3 Å². The fraction of sp³-hybridized carbons (Fsp3) is 0.688. The van der Waals surface area contributed by atoms with E-state index in [0.29, 0.717) is 12.5 Å². The standard InChI is InChI=1S/C16H27NO2/c1-4-6-7-13(5-2)11-19-16(18)15-9-8-14(17)10-12(15)3/h8-9,12-13H,4-7,10-11,17H2,1-3H3. The van der Waals surface area contributed by atoms with Gasteiger partial charge in [-0.25, -0.2) is 4.79 Å². The molecule has 0 amide bonds. The second kappa shape index (κ2) is 8.03. The minimum Gasteiger partial charge on any atom is -0.462 e. The van der Waals surface area contributed by atoms with Gasteiger partial charge in [0.2, 0.25) is 0 Å². The zero-order valence-electron chi connectivity index (χ0n) is 12.4. The van der Waals surface area contributed by atoms with Crippen LogP contribution in [0.4, 0.5) is 0 Å². The first-order valence-corrected chi connectivity index (χ1v) is 7.41. The minimum absolute atomic E-state index is 0.160. The van der Waals surface area contributed by atoms with Crippen molar-refractivity contribution in [2.45, 2.75) is 52.9 Å². The third-order valence-electron chi connectivity index (χ3n) is 3.78. The van der Waals surface area contributed by atoms with E-state index in [9.17, 15) is 4.79 Å². The van der Waals surface area contributed by atoms with E-state index in [1.165, 1.54) is 12.8 Å². The van der Waals surface area contributed by atoms with Gasteiger partial charge in [0, 0.05) is 11.3 Å². The lowest BCUT2D eigenvalue weighted by Gasteiger charge is -2.20. The zero-order valence-corrected chi connectivity index (χ0v) is 12.4. The Hall–Kier alpha value is -1.25. The van der Waals surface area contributed by atoms with Crippen LogP contribution in [0.25, 0.3) is 0 Å². The highest BCUT2D eigenvalue weighted by Gasteiger charge is 2.22. The molecule has 0 spiro atoms. The monoisotopic (exact) mass is 265 g/mol. The molecule has 2 atom stereocenters. The van der Waals surface area contributed by atoms with Crippen LogP contribution in [0.1, 0.15) is 52.9 Å². The highest BCUT2D eigenvalue weighted by molar-refractivity contribution is 5.89. The van der Waals surface area contributed by atoms with Crippen LogP contribution in [0.3, 0.4) is 0 Å². The molecule has 0 heterocycles. The molecule has 0 aromatic rings. The molecule has 2 N–H and O–H groups in total. The van der Waals surface area contributed by atoms with Crippen molar-refractivity contribution in [3.8, 4) is 0 Å². The van der Waals surface area contributed by atoms with E-state index in [1.54, 1.807) is 6.08 Å². The molecule has 0 aliphatic heterocycles. The van der Waals surface area contributed by atoms with Gasteiger partial charge in [0.25, 0.3) is 0 Å². The van der Waals surface area contributed by atoms with Crippen LogP contribution in [0.2, 0.25) is 0 Å². The number of allylic oxidation sites excluding steroid dienone is 3. The molecule has 3 heteroatoms. The average Bonchev–Trinajstić information content (AvgIpc) is 2.38. The number of unbranched alkanes of at least 4 members (excludes halogenated alkanes) is 1. The van der Waals surface area contributed by atoms with E-state index < -0.39 is 0 Å². The summed E-state index contributed by atoms with van der Waals surface area (Å²) in [6.07, 6.45) is 8.96. The predicted octanol–water partition coefficient (Wildman–Crippen LogP) is 3.55. The fourth-order valence-corrected chi connectivity index (χ4v) is 2.34. The van der Waals surface area contributed by atoms with Gasteiger partial charge in [0.15, 0.2) is 0 Å². The summed E-state index contributed by atoms with van der Waals surface area (Å²) in [7, 11) is 0. The molecule has 0 aromatic carbocycles. The van der Waals surface area contributed by atoms with Gasteiger partial charge in [-0.1, -0.05) is 40.0 Å². The van der Waals surface area contributed by atoms with Crippen LogP contribution in [0, 0.1) is 11.8 Å². The largest absolute Gasteiger partial charge is 0.462 e. The van der Waals surface area contributed by atoms with E-state index in [0.717, 1.165) is 30.5 Å². The van der Waals surface area contributed by atoms with Crippen molar-refractivity contribution in [1.29, 1.82) is 0 Å². The molecule has 1 aliphatic rings. The molecule has 0 saturated carbocycles. The van der Waals surface area contributed by atoms with Gasteiger partial charge in [0.05, 0.1) is 6.61 Å². The Morgan fingerprint density at radius 1 is 1.47 bits per heavy atom. The maximum absolute atomic E-state index is 12.0. The van der Waals surface area contributed by atoms with Crippen molar-refractivity contribution in [1.82, 2.24) is 0 Å². The van der Waals surface area contributed by atoms with Crippen LogP contribution in [-0.4, -0.2) is 12.6 Å². The van der Waals surface area contributed by atoms with Gasteiger partial charge in [-0.05, 0) is 36.8 Å². The van der Waals surface area contributed by atoms with Crippen LogP contribution in [-0.2, 0) is 9.53 Å². The number of hydrogen-bond donors (Lipinski definition) is 1. The van der Waals surface area contributed by atoms with E-state index >= 15 is 0 Å². The van der Waals surface area contributed by atoms with Gasteiger partial charge in [-0.3, -0.25) is 0 Å². The van der Waals surface area contributed by atoms with E-state index in [2.05, 4.69) is 13.8 Å². The summed E-state index contributed by atoms with van der Waals surface area (Å²) in [6.45, 7) is 6.89. The maximum atomic E-state index is 12.0. The Morgan fingerprint density at radius 3 is 2.79 bits per heavy atom. The van der Waals surface area contributed by atoms with E-state index in [1.807, 2.05) is 13.0 Å². The first kappa shape index (κ1) is 15.8. The molecule has 19 heavy (non-hydrogen) atoms. The lowest BCUT2D eigenvalue weighted by molar-refractivity contribution is -0.141. The zero-order chi connectivity index (χ0) is 14.3. The minimum atomic E-state index is -0.175. The van der Waals surface area contributed by atoms with Crippen LogP contribution in [0.5, 0.6) is 0 Å². The maximum Gasteiger partial charge on any atom is 0.334 e. The third kappa shape index (κ3) is 5.09. The van der Waals surface area contributed by atoms with Crippen LogP contribution >= 0.6 is 0 Å². The Labute approximate surface area is 116 Å². The summed E-state index contributed by atoms with van der Waals surface area (Å²) in [5.74, 6) is 0.475. The summed E-state index contributed by atoms with van der Waals surface area (Å²) in [4.78, 5) is 12.0. The lowest BCUT2D eigenvalue weighted by Crippen LogP contribution is -2.21. The summed E-state index contributed by atoms with van der Waals surface area (Å²) in [5.41, 5.74) is 7.33. The Kier molecular flexibility index (Phi) is 6.68. The third-order valence-corrected chi connectivity index (χ3v) is 3.78. The van der Waals surface area contributed by atoms with Crippen LogP contribution in [0.15, 0.2) is 23.4 Å². The number of hydrogen-bond acceptors (Lipinski definition) is 3. The molecule has 0 fully saturated rings. The SMILES string of the molecule is CCCCC(CC)COC(=O)C1=CC=C(N)CC1C. The van der Waals surface area contributed by atoms with E-state index in [-0.39, 0.29) is 11.9 Å². The Balaban J connectivity index is 2.46. The smallest absolute Gasteiger partial charge is 0.334 e. The van der Waals surface area contributed by atoms with Crippen molar-refractivity contribution in [3.63, 3.8) is 0 Å². The molecular formula is C16H27NO2. The molecule has 0 saturated heterocycles. The van der Waals surface area contributed by atoms with Crippen molar-refractivity contribution in [3.05, 3.63) is 23.4 Å². The number of rotatable bonds is 7. The first-order valence-electron chi connectivity index (χ1n) is 7.41. The number of ether oxygens (including phenoxy) is 1. The van der Waals surface area contributed by atoms with Gasteiger partial charge < -0.3 is 10.5 Å². The molecule has 108 valence electrons. The highest BCUT2D eigenvalue weighted by atomic mass is 16.5. The lowest BCUT2D eigenvalue weighted by atomic mass is 9.91.